The van der Waals surface area contributed by atoms with Crippen molar-refractivity contribution in [1.82, 2.24) is 29.4 Å². The van der Waals surface area contributed by atoms with E-state index >= 15 is 0 Å². The summed E-state index contributed by atoms with van der Waals surface area (Å²) >= 11 is 0. The first kappa shape index (κ1) is 21.3. The van der Waals surface area contributed by atoms with Gasteiger partial charge in [0.15, 0.2) is 0 Å². The molecule has 5 rings (SSSR count). The molecule has 1 unspecified atom stereocenters. The average molecular weight is 448 g/mol. The molecule has 0 aliphatic carbocycles. The number of rotatable bonds is 7. The Hall–Kier alpha value is -3.60. The molecule has 1 saturated heterocycles. The number of hydrogen-bond donors (Lipinski definition) is 2. The van der Waals surface area contributed by atoms with Gasteiger partial charge in [-0.05, 0) is 23.8 Å². The molecule has 0 spiro atoms. The van der Waals surface area contributed by atoms with Crippen LogP contribution in [0.3, 0.4) is 0 Å². The Morgan fingerprint density at radius 1 is 1.09 bits per heavy atom. The average Bonchev–Trinajstić information content (AvgIpc) is 3.25. The van der Waals surface area contributed by atoms with E-state index in [2.05, 4.69) is 20.6 Å². The van der Waals surface area contributed by atoms with Crippen molar-refractivity contribution in [3.05, 3.63) is 82.3 Å². The Bertz CT molecular complexity index is 1340. The predicted octanol–water partition coefficient (Wildman–Crippen LogP) is 0.777. The summed E-state index contributed by atoms with van der Waals surface area (Å²) in [5.41, 5.74) is 2.80. The fourth-order valence-electron chi connectivity index (χ4n) is 3.74. The van der Waals surface area contributed by atoms with E-state index in [0.29, 0.717) is 37.7 Å². The van der Waals surface area contributed by atoms with E-state index in [0.717, 1.165) is 17.8 Å². The monoisotopic (exact) mass is 448 g/mol. The van der Waals surface area contributed by atoms with Gasteiger partial charge in [0, 0.05) is 37.7 Å². The highest BCUT2D eigenvalue weighted by Crippen LogP contribution is 2.09. The van der Waals surface area contributed by atoms with Crippen molar-refractivity contribution in [2.24, 2.45) is 0 Å². The van der Waals surface area contributed by atoms with Gasteiger partial charge >= 0.3 is 0 Å². The Morgan fingerprint density at radius 3 is 2.91 bits per heavy atom. The van der Waals surface area contributed by atoms with Crippen LogP contribution in [0.25, 0.3) is 11.3 Å². The van der Waals surface area contributed by atoms with Crippen LogP contribution in [-0.4, -0.2) is 57.1 Å². The third kappa shape index (κ3) is 4.92. The van der Waals surface area contributed by atoms with Gasteiger partial charge in [0.2, 0.25) is 0 Å². The van der Waals surface area contributed by atoms with Crippen LogP contribution < -0.4 is 16.2 Å². The lowest BCUT2D eigenvalue weighted by atomic mass is 10.2. The van der Waals surface area contributed by atoms with Crippen molar-refractivity contribution in [3.63, 3.8) is 0 Å². The van der Waals surface area contributed by atoms with Crippen molar-refractivity contribution in [2.45, 2.75) is 19.2 Å². The molecule has 4 aromatic heterocycles. The number of fused-ring (bicyclic) bond motifs is 2. The largest absolute Gasteiger partial charge is 0.376 e. The number of pyridine rings is 2. The van der Waals surface area contributed by atoms with Gasteiger partial charge in [0.1, 0.15) is 17.0 Å². The molecule has 0 radical (unpaired) electrons. The third-order valence-electron chi connectivity index (χ3n) is 5.38. The van der Waals surface area contributed by atoms with Gasteiger partial charge < -0.3 is 24.5 Å². The van der Waals surface area contributed by atoms with Crippen LogP contribution >= 0.6 is 0 Å². The quantitative estimate of drug-likeness (QED) is 0.430. The summed E-state index contributed by atoms with van der Waals surface area (Å²) in [7, 11) is 0. The second-order valence-electron chi connectivity index (χ2n) is 7.82. The number of hydrogen-bond acceptors (Lipinski definition) is 7. The number of imidazole rings is 1. The molecule has 1 fully saturated rings. The number of carbonyl (C=O) groups excluding carboxylic acids is 1. The first-order valence-corrected chi connectivity index (χ1v) is 10.8. The summed E-state index contributed by atoms with van der Waals surface area (Å²) in [6.45, 7) is 3.57. The van der Waals surface area contributed by atoms with Crippen molar-refractivity contribution >= 4 is 17.2 Å². The lowest BCUT2D eigenvalue weighted by Crippen LogP contribution is -2.37. The zero-order valence-corrected chi connectivity index (χ0v) is 17.9. The van der Waals surface area contributed by atoms with E-state index < -0.39 is 5.91 Å². The highest BCUT2D eigenvalue weighted by Gasteiger charge is 2.14. The topological polar surface area (TPSA) is 111 Å². The lowest BCUT2D eigenvalue weighted by molar-refractivity contribution is -0.0864. The summed E-state index contributed by atoms with van der Waals surface area (Å²) in [6, 6.07) is 10.4. The number of ether oxygens (including phenoxy) is 2. The van der Waals surface area contributed by atoms with Crippen LogP contribution in [0, 0.1) is 0 Å². The van der Waals surface area contributed by atoms with E-state index in [1.807, 2.05) is 28.9 Å². The molecule has 10 heteroatoms. The zero-order chi connectivity index (χ0) is 22.6. The van der Waals surface area contributed by atoms with Crippen molar-refractivity contribution in [2.75, 3.05) is 26.4 Å². The van der Waals surface area contributed by atoms with Crippen molar-refractivity contribution < 1.29 is 14.3 Å². The van der Waals surface area contributed by atoms with Gasteiger partial charge in [0.05, 0.1) is 38.2 Å². The minimum atomic E-state index is -0.422. The second kappa shape index (κ2) is 9.49. The van der Waals surface area contributed by atoms with Crippen molar-refractivity contribution in [1.29, 1.82) is 0 Å². The highest BCUT2D eigenvalue weighted by molar-refractivity contribution is 5.92. The summed E-state index contributed by atoms with van der Waals surface area (Å²) in [6.07, 6.45) is 5.58. The highest BCUT2D eigenvalue weighted by atomic mass is 16.6. The van der Waals surface area contributed by atoms with Crippen molar-refractivity contribution in [3.8, 4) is 0 Å². The molecule has 0 saturated carbocycles. The maximum atomic E-state index is 12.5. The summed E-state index contributed by atoms with van der Waals surface area (Å²) < 4.78 is 14.4. The predicted molar refractivity (Wildman–Crippen MR) is 120 cm³/mol. The fraction of sp³-hybridized carbons (Fsp3) is 0.304. The minimum Gasteiger partial charge on any atom is -0.376 e. The molecule has 170 valence electrons. The Labute approximate surface area is 189 Å². The number of nitrogens with zero attached hydrogens (tertiary/aromatic N) is 4. The van der Waals surface area contributed by atoms with Crippen LogP contribution in [0.4, 0.5) is 0 Å². The van der Waals surface area contributed by atoms with Crippen LogP contribution in [0.15, 0.2) is 59.8 Å². The third-order valence-corrected chi connectivity index (χ3v) is 5.38. The standard InChI is InChI=1S/C23H24N6O4/c30-22-9-19(27-21-3-1-2-6-29(21)22)23(31)25-11-17-14-28-13-16(4-5-20(28)26-17)10-24-12-18-15-32-7-8-33-18/h1-6,9,13-14,18,24H,7-8,10-12,15H2,(H,25,31). The van der Waals surface area contributed by atoms with Gasteiger partial charge in [-0.3, -0.25) is 14.0 Å². The smallest absolute Gasteiger partial charge is 0.270 e. The molecule has 10 nitrogen and oxygen atoms in total. The SMILES string of the molecule is O=C(NCc1cn2cc(CNCC3COCCO3)ccc2n1)c1cc(=O)n2ccccc2n1. The number of aromatic nitrogens is 4. The molecule has 0 bridgehead atoms. The van der Waals surface area contributed by atoms with Crippen LogP contribution in [0.1, 0.15) is 21.7 Å². The molecule has 1 amide bonds. The first-order chi connectivity index (χ1) is 16.2. The van der Waals surface area contributed by atoms with E-state index in [-0.39, 0.29) is 23.9 Å². The molecular weight excluding hydrogens is 424 g/mol. The van der Waals surface area contributed by atoms with E-state index in [1.165, 1.54) is 10.5 Å². The maximum absolute atomic E-state index is 12.5. The summed E-state index contributed by atoms with van der Waals surface area (Å²) in [4.78, 5) is 33.6. The molecule has 2 N–H and O–H groups in total. The molecule has 1 aliphatic heterocycles. The number of carbonyl (C=O) groups is 1. The van der Waals surface area contributed by atoms with E-state index in [1.54, 1.807) is 24.4 Å². The van der Waals surface area contributed by atoms with Gasteiger partial charge in [-0.1, -0.05) is 12.1 Å². The second-order valence-corrected chi connectivity index (χ2v) is 7.82. The summed E-state index contributed by atoms with van der Waals surface area (Å²) in [5, 5.41) is 6.18. The van der Waals surface area contributed by atoms with Gasteiger partial charge in [-0.25, -0.2) is 9.97 Å². The molecule has 4 aromatic rings. The normalized spacial score (nSPS) is 16.3. The summed E-state index contributed by atoms with van der Waals surface area (Å²) in [5.74, 6) is -0.422. The zero-order valence-electron chi connectivity index (χ0n) is 17.9. The van der Waals surface area contributed by atoms with Gasteiger partial charge in [-0.15, -0.1) is 0 Å². The Balaban J connectivity index is 1.20. The van der Waals surface area contributed by atoms with Crippen LogP contribution in [0.2, 0.25) is 0 Å². The number of amides is 1. The minimum absolute atomic E-state index is 0.0793. The fourth-order valence-corrected chi connectivity index (χ4v) is 3.74. The van der Waals surface area contributed by atoms with Gasteiger partial charge in [-0.2, -0.15) is 0 Å². The Kier molecular flexibility index (Phi) is 6.11. The molecule has 1 aliphatic rings. The number of nitrogens with one attached hydrogen (secondary N) is 2. The molecule has 1 atom stereocenters. The van der Waals surface area contributed by atoms with Crippen LogP contribution in [0.5, 0.6) is 0 Å². The van der Waals surface area contributed by atoms with Crippen LogP contribution in [-0.2, 0) is 22.6 Å². The van der Waals surface area contributed by atoms with E-state index in [4.69, 9.17) is 9.47 Å². The van der Waals surface area contributed by atoms with E-state index in [9.17, 15) is 9.59 Å². The molecular formula is C23H24N6O4. The molecule has 0 aromatic carbocycles. The molecule has 5 heterocycles. The molecule has 33 heavy (non-hydrogen) atoms. The first-order valence-electron chi connectivity index (χ1n) is 10.8. The Morgan fingerprint density at radius 2 is 2.03 bits per heavy atom. The maximum Gasteiger partial charge on any atom is 0.270 e. The van der Waals surface area contributed by atoms with Gasteiger partial charge in [0.25, 0.3) is 11.5 Å². The lowest BCUT2D eigenvalue weighted by Gasteiger charge is -2.23.